The Balaban J connectivity index is 1.64. The van der Waals surface area contributed by atoms with Gasteiger partial charge >= 0.3 is 0 Å². The average Bonchev–Trinajstić information content (AvgIpc) is 3.17. The SMILES string of the molecule is CNc1nc(N)c2nc(NC)n(CCNS(=O)(=O)c3ccc4ccccc4c3)c2c1NC. The number of nitrogens with two attached hydrogens (primary N) is 1. The molecule has 0 aliphatic heterocycles. The van der Waals surface area contributed by atoms with E-state index < -0.39 is 10.0 Å². The third-order valence-corrected chi connectivity index (χ3v) is 6.74. The van der Waals surface area contributed by atoms with Crippen LogP contribution in [0.2, 0.25) is 0 Å². The number of fused-ring (bicyclic) bond motifs is 2. The molecular formula is C21H26N8O2S. The smallest absolute Gasteiger partial charge is 0.240 e. The van der Waals surface area contributed by atoms with E-state index in [9.17, 15) is 8.42 Å². The van der Waals surface area contributed by atoms with Gasteiger partial charge in [0.15, 0.2) is 11.6 Å². The molecule has 0 saturated carbocycles. The monoisotopic (exact) mass is 454 g/mol. The van der Waals surface area contributed by atoms with E-state index >= 15 is 0 Å². The minimum absolute atomic E-state index is 0.162. The lowest BCUT2D eigenvalue weighted by Crippen LogP contribution is -2.27. The predicted octanol–water partition coefficient (Wildman–Crippen LogP) is 2.27. The van der Waals surface area contributed by atoms with Gasteiger partial charge in [0.2, 0.25) is 16.0 Å². The molecule has 0 aliphatic carbocycles. The summed E-state index contributed by atoms with van der Waals surface area (Å²) in [6.45, 7) is 0.496. The van der Waals surface area contributed by atoms with Crippen molar-refractivity contribution < 1.29 is 8.42 Å². The van der Waals surface area contributed by atoms with Gasteiger partial charge in [-0.15, -0.1) is 0 Å². The van der Waals surface area contributed by atoms with Crippen LogP contribution in [0.4, 0.5) is 23.3 Å². The second-order valence-corrected chi connectivity index (χ2v) is 8.93. The summed E-state index contributed by atoms with van der Waals surface area (Å²) in [5, 5.41) is 11.1. The van der Waals surface area contributed by atoms with Gasteiger partial charge in [0.25, 0.3) is 0 Å². The molecule has 2 aromatic heterocycles. The molecule has 32 heavy (non-hydrogen) atoms. The van der Waals surface area contributed by atoms with Gasteiger partial charge in [0, 0.05) is 34.2 Å². The molecule has 6 N–H and O–H groups in total. The number of aromatic nitrogens is 3. The molecule has 168 valence electrons. The predicted molar refractivity (Wildman–Crippen MR) is 130 cm³/mol. The molecule has 0 unspecified atom stereocenters. The molecule has 0 amide bonds. The number of rotatable bonds is 8. The van der Waals surface area contributed by atoms with Gasteiger partial charge < -0.3 is 26.3 Å². The van der Waals surface area contributed by atoms with Crippen LogP contribution >= 0.6 is 0 Å². The molecule has 10 nitrogen and oxygen atoms in total. The lowest BCUT2D eigenvalue weighted by molar-refractivity contribution is 0.575. The number of benzene rings is 2. The molecule has 0 atom stereocenters. The van der Waals surface area contributed by atoms with Crippen molar-refractivity contribution in [2.45, 2.75) is 11.4 Å². The van der Waals surface area contributed by atoms with Gasteiger partial charge in [-0.25, -0.2) is 23.1 Å². The average molecular weight is 455 g/mol. The lowest BCUT2D eigenvalue weighted by atomic mass is 10.1. The Labute approximate surface area is 186 Å². The zero-order valence-electron chi connectivity index (χ0n) is 18.1. The van der Waals surface area contributed by atoms with Crippen molar-refractivity contribution in [2.24, 2.45) is 0 Å². The van der Waals surface area contributed by atoms with Crippen LogP contribution in [0.25, 0.3) is 21.8 Å². The van der Waals surface area contributed by atoms with Crippen molar-refractivity contribution in [3.63, 3.8) is 0 Å². The van der Waals surface area contributed by atoms with Crippen molar-refractivity contribution in [2.75, 3.05) is 49.4 Å². The van der Waals surface area contributed by atoms with E-state index in [2.05, 4.69) is 30.6 Å². The number of hydrogen-bond acceptors (Lipinski definition) is 8. The summed E-state index contributed by atoms with van der Waals surface area (Å²) in [6.07, 6.45) is 0. The van der Waals surface area contributed by atoms with Crippen LogP contribution in [0, 0.1) is 0 Å². The van der Waals surface area contributed by atoms with Crippen LogP contribution in [-0.4, -0.2) is 50.6 Å². The summed E-state index contributed by atoms with van der Waals surface area (Å²) in [5.41, 5.74) is 8.12. The maximum absolute atomic E-state index is 12.9. The van der Waals surface area contributed by atoms with Crippen molar-refractivity contribution in [1.29, 1.82) is 0 Å². The molecule has 11 heteroatoms. The zero-order valence-corrected chi connectivity index (χ0v) is 18.9. The van der Waals surface area contributed by atoms with Crippen LogP contribution in [-0.2, 0) is 16.6 Å². The summed E-state index contributed by atoms with van der Waals surface area (Å²) in [5.74, 6) is 1.43. The first kappa shape index (κ1) is 21.7. The quantitative estimate of drug-likeness (QED) is 0.273. The van der Waals surface area contributed by atoms with Gasteiger partial charge in [0.1, 0.15) is 16.7 Å². The van der Waals surface area contributed by atoms with Crippen LogP contribution < -0.4 is 26.4 Å². The molecule has 0 spiro atoms. The van der Waals surface area contributed by atoms with Crippen molar-refractivity contribution in [1.82, 2.24) is 19.3 Å². The van der Waals surface area contributed by atoms with Gasteiger partial charge in [-0.1, -0.05) is 30.3 Å². The maximum atomic E-state index is 12.9. The molecule has 2 aromatic carbocycles. The van der Waals surface area contributed by atoms with Crippen LogP contribution in [0.15, 0.2) is 47.4 Å². The maximum Gasteiger partial charge on any atom is 0.240 e. The van der Waals surface area contributed by atoms with Crippen LogP contribution in [0.3, 0.4) is 0 Å². The van der Waals surface area contributed by atoms with Gasteiger partial charge in [0.05, 0.1) is 4.90 Å². The van der Waals surface area contributed by atoms with E-state index in [1.807, 2.05) is 28.8 Å². The highest BCUT2D eigenvalue weighted by Gasteiger charge is 2.21. The molecule has 4 rings (SSSR count). The third kappa shape index (κ3) is 3.76. The normalized spacial score (nSPS) is 11.7. The van der Waals surface area contributed by atoms with E-state index in [0.29, 0.717) is 23.8 Å². The Kier molecular flexibility index (Phi) is 5.76. The van der Waals surface area contributed by atoms with E-state index in [4.69, 9.17) is 5.73 Å². The summed E-state index contributed by atoms with van der Waals surface area (Å²) in [4.78, 5) is 9.12. The first-order valence-corrected chi connectivity index (χ1v) is 11.6. The standard InChI is InChI=1S/C21H26N8O2S/c1-23-17-18-16(19(22)28-20(17)24-2)27-21(25-3)29(18)11-10-26-32(30,31)15-9-8-13-6-4-5-7-14(13)12-15/h4-9,12,23,26H,10-11H2,1-3H3,(H,25,27)(H3,22,24,28). The van der Waals surface area contributed by atoms with Gasteiger partial charge in [-0.3, -0.25) is 0 Å². The molecule has 0 bridgehead atoms. The first-order chi connectivity index (χ1) is 15.4. The lowest BCUT2D eigenvalue weighted by Gasteiger charge is -2.15. The van der Waals surface area contributed by atoms with E-state index in [1.165, 1.54) is 0 Å². The minimum Gasteiger partial charge on any atom is -0.383 e. The topological polar surface area (TPSA) is 139 Å². The van der Waals surface area contributed by atoms with Gasteiger partial charge in [-0.2, -0.15) is 0 Å². The van der Waals surface area contributed by atoms with Gasteiger partial charge in [-0.05, 0) is 22.9 Å². The van der Waals surface area contributed by atoms with E-state index in [0.717, 1.165) is 22.0 Å². The zero-order chi connectivity index (χ0) is 22.9. The number of hydrogen-bond donors (Lipinski definition) is 5. The molecule has 0 fully saturated rings. The molecule has 4 aromatic rings. The summed E-state index contributed by atoms with van der Waals surface area (Å²) in [6, 6.07) is 12.7. The fourth-order valence-corrected chi connectivity index (χ4v) is 4.82. The number of pyridine rings is 1. The summed E-state index contributed by atoms with van der Waals surface area (Å²) in [7, 11) is 1.60. The van der Waals surface area contributed by atoms with E-state index in [1.54, 1.807) is 39.3 Å². The highest BCUT2D eigenvalue weighted by molar-refractivity contribution is 7.89. The van der Waals surface area contributed by atoms with Crippen molar-refractivity contribution in [3.8, 4) is 0 Å². The first-order valence-electron chi connectivity index (χ1n) is 10.1. The van der Waals surface area contributed by atoms with E-state index in [-0.39, 0.29) is 17.3 Å². The number of sulfonamides is 1. The second-order valence-electron chi connectivity index (χ2n) is 7.16. The fourth-order valence-electron chi connectivity index (χ4n) is 3.76. The molecule has 0 saturated heterocycles. The number of nitrogens with one attached hydrogen (secondary N) is 4. The third-order valence-electron chi connectivity index (χ3n) is 5.29. The Morgan fingerprint density at radius 1 is 0.969 bits per heavy atom. The summed E-state index contributed by atoms with van der Waals surface area (Å²) < 4.78 is 30.4. The van der Waals surface area contributed by atoms with Crippen LogP contribution in [0.1, 0.15) is 0 Å². The summed E-state index contributed by atoms with van der Waals surface area (Å²) >= 11 is 0. The Hall–Kier alpha value is -3.57. The fraction of sp³-hybridized carbons (Fsp3) is 0.238. The Bertz CT molecular complexity index is 1400. The minimum atomic E-state index is -3.68. The second kappa shape index (κ2) is 8.52. The molecule has 2 heterocycles. The molecule has 0 aliphatic rings. The highest BCUT2D eigenvalue weighted by Crippen LogP contribution is 2.34. The number of anilines is 4. The highest BCUT2D eigenvalue weighted by atomic mass is 32.2. The van der Waals surface area contributed by atoms with Crippen molar-refractivity contribution in [3.05, 3.63) is 42.5 Å². The largest absolute Gasteiger partial charge is 0.383 e. The Morgan fingerprint density at radius 2 is 1.72 bits per heavy atom. The number of nitrogen functional groups attached to an aromatic ring is 1. The van der Waals surface area contributed by atoms with Crippen LogP contribution in [0.5, 0.6) is 0 Å². The van der Waals surface area contributed by atoms with Crippen molar-refractivity contribution >= 4 is 55.1 Å². The Morgan fingerprint density at radius 3 is 2.41 bits per heavy atom. The molecular weight excluding hydrogens is 428 g/mol. The number of imidazole rings is 1. The molecule has 0 radical (unpaired) electrons. The number of nitrogens with zero attached hydrogens (tertiary/aromatic N) is 3.